The first-order valence-corrected chi connectivity index (χ1v) is 5.87. The molecule has 2 aromatic rings. The van der Waals surface area contributed by atoms with Gasteiger partial charge in [-0.1, -0.05) is 18.2 Å². The molecular formula is C14H15N3O2. The van der Waals surface area contributed by atoms with E-state index in [0.29, 0.717) is 11.3 Å². The molecule has 5 nitrogen and oxygen atoms in total. The van der Waals surface area contributed by atoms with Gasteiger partial charge in [-0.15, -0.1) is 0 Å². The second-order valence-electron chi connectivity index (χ2n) is 4.19. The number of carbonyl (C=O) groups is 2. The number of ketones is 1. The molecule has 0 aliphatic carbocycles. The lowest BCUT2D eigenvalue weighted by atomic mass is 10.2. The van der Waals surface area contributed by atoms with Crippen LogP contribution in [0.2, 0.25) is 0 Å². The number of hydrogen-bond acceptors (Lipinski definition) is 3. The Kier molecular flexibility index (Phi) is 3.66. The molecule has 0 saturated carbocycles. The number of nitrogens with zero attached hydrogens (tertiary/aromatic N) is 1. The third kappa shape index (κ3) is 3.01. The predicted octanol–water partition coefficient (Wildman–Crippen LogP) is 2.00. The van der Waals surface area contributed by atoms with E-state index in [9.17, 15) is 9.59 Å². The highest BCUT2D eigenvalue weighted by Crippen LogP contribution is 2.10. The molecule has 5 heteroatoms. The van der Waals surface area contributed by atoms with Crippen LogP contribution >= 0.6 is 0 Å². The van der Waals surface area contributed by atoms with E-state index in [4.69, 9.17) is 0 Å². The Balaban J connectivity index is 2.06. The lowest BCUT2D eigenvalue weighted by molar-refractivity contribution is 0.0947. The van der Waals surface area contributed by atoms with Crippen LogP contribution in [0.4, 0.5) is 5.69 Å². The molecule has 0 aliphatic rings. The van der Waals surface area contributed by atoms with Gasteiger partial charge < -0.3 is 4.98 Å². The minimum atomic E-state index is -0.293. The average Bonchev–Trinajstić information content (AvgIpc) is 2.89. The van der Waals surface area contributed by atoms with Crippen LogP contribution in [0.5, 0.6) is 0 Å². The number of para-hydroxylation sites is 1. The van der Waals surface area contributed by atoms with Crippen molar-refractivity contribution in [3.05, 3.63) is 53.9 Å². The lowest BCUT2D eigenvalue weighted by Gasteiger charge is -2.19. The van der Waals surface area contributed by atoms with Crippen molar-refractivity contribution in [3.63, 3.8) is 0 Å². The Morgan fingerprint density at radius 1 is 1.21 bits per heavy atom. The van der Waals surface area contributed by atoms with Gasteiger partial charge >= 0.3 is 0 Å². The first-order valence-electron chi connectivity index (χ1n) is 5.87. The number of Topliss-reactive ketones (excluding diaryl/α,β-unsaturated/α-hetero) is 1. The number of hydrazine groups is 1. The summed E-state index contributed by atoms with van der Waals surface area (Å²) in [6, 6.07) is 11.0. The number of amides is 1. The summed E-state index contributed by atoms with van der Waals surface area (Å²) in [6.45, 7) is 1.46. The molecule has 19 heavy (non-hydrogen) atoms. The number of benzene rings is 1. The van der Waals surface area contributed by atoms with Gasteiger partial charge in [0.05, 0.1) is 5.69 Å². The number of rotatable bonds is 4. The lowest BCUT2D eigenvalue weighted by Crippen LogP contribution is -2.39. The zero-order valence-corrected chi connectivity index (χ0v) is 10.8. The molecule has 1 aromatic heterocycles. The third-order valence-electron chi connectivity index (χ3n) is 2.75. The van der Waals surface area contributed by atoms with Crippen LogP contribution in [0.1, 0.15) is 27.8 Å². The molecular weight excluding hydrogens is 242 g/mol. The molecule has 0 radical (unpaired) electrons. The normalized spacial score (nSPS) is 10.0. The summed E-state index contributed by atoms with van der Waals surface area (Å²) in [5.74, 6) is -0.370. The first kappa shape index (κ1) is 12.9. The van der Waals surface area contributed by atoms with Crippen LogP contribution in [-0.2, 0) is 0 Å². The summed E-state index contributed by atoms with van der Waals surface area (Å²) in [5, 5.41) is 1.62. The highest BCUT2D eigenvalue weighted by Gasteiger charge is 2.12. The monoisotopic (exact) mass is 257 g/mol. The maximum absolute atomic E-state index is 12.0. The molecule has 0 spiro atoms. The fourth-order valence-corrected chi connectivity index (χ4v) is 1.66. The van der Waals surface area contributed by atoms with Gasteiger partial charge in [0.1, 0.15) is 5.69 Å². The van der Waals surface area contributed by atoms with Crippen molar-refractivity contribution in [3.8, 4) is 0 Å². The fraction of sp³-hybridized carbons (Fsp3) is 0.143. The number of aromatic nitrogens is 1. The maximum atomic E-state index is 12.0. The summed E-state index contributed by atoms with van der Waals surface area (Å²) in [5.41, 5.74) is 4.43. The molecule has 1 aromatic carbocycles. The Labute approximate surface area is 111 Å². The van der Waals surface area contributed by atoms with E-state index in [1.807, 2.05) is 30.3 Å². The van der Waals surface area contributed by atoms with Gasteiger partial charge in [-0.2, -0.15) is 0 Å². The Morgan fingerprint density at radius 3 is 2.47 bits per heavy atom. The molecule has 0 atom stereocenters. The van der Waals surface area contributed by atoms with Gasteiger partial charge in [-0.05, 0) is 25.1 Å². The first-order chi connectivity index (χ1) is 9.08. The smallest absolute Gasteiger partial charge is 0.286 e. The molecule has 0 bridgehead atoms. The van der Waals surface area contributed by atoms with Crippen molar-refractivity contribution in [1.82, 2.24) is 10.4 Å². The van der Waals surface area contributed by atoms with E-state index < -0.39 is 0 Å². The number of anilines is 1. The fourth-order valence-electron chi connectivity index (χ4n) is 1.66. The SMILES string of the molecule is CC(=O)c1c[nH]c(C(=O)NN(C)c2ccccc2)c1. The highest BCUT2D eigenvalue weighted by atomic mass is 16.2. The second-order valence-corrected chi connectivity index (χ2v) is 4.19. The van der Waals surface area contributed by atoms with E-state index in [2.05, 4.69) is 10.4 Å². The molecule has 0 aliphatic heterocycles. The Hall–Kier alpha value is -2.56. The van der Waals surface area contributed by atoms with Gasteiger partial charge in [0.15, 0.2) is 5.78 Å². The van der Waals surface area contributed by atoms with Crippen LogP contribution in [-0.4, -0.2) is 23.7 Å². The third-order valence-corrected chi connectivity index (χ3v) is 2.75. The topological polar surface area (TPSA) is 65.2 Å². The number of nitrogens with one attached hydrogen (secondary N) is 2. The van der Waals surface area contributed by atoms with E-state index >= 15 is 0 Å². The van der Waals surface area contributed by atoms with Gasteiger partial charge in [0.25, 0.3) is 5.91 Å². The van der Waals surface area contributed by atoms with E-state index in [1.54, 1.807) is 12.1 Å². The molecule has 98 valence electrons. The van der Waals surface area contributed by atoms with Crippen LogP contribution in [0, 0.1) is 0 Å². The molecule has 0 unspecified atom stereocenters. The van der Waals surface area contributed by atoms with Crippen molar-refractivity contribution in [1.29, 1.82) is 0 Å². The number of hydrogen-bond donors (Lipinski definition) is 2. The number of aromatic amines is 1. The summed E-state index contributed by atoms with van der Waals surface area (Å²) < 4.78 is 0. The van der Waals surface area contributed by atoms with E-state index in [0.717, 1.165) is 5.69 Å². The Morgan fingerprint density at radius 2 is 1.89 bits per heavy atom. The zero-order valence-electron chi connectivity index (χ0n) is 10.8. The quantitative estimate of drug-likeness (QED) is 0.650. The average molecular weight is 257 g/mol. The number of H-pyrrole nitrogens is 1. The van der Waals surface area contributed by atoms with Gasteiger partial charge in [-0.25, -0.2) is 0 Å². The molecule has 0 fully saturated rings. The Bertz CT molecular complexity index is 590. The van der Waals surface area contributed by atoms with Crippen molar-refractivity contribution in [2.24, 2.45) is 0 Å². The summed E-state index contributed by atoms with van der Waals surface area (Å²) in [6.07, 6.45) is 1.53. The second kappa shape index (κ2) is 5.39. The van der Waals surface area contributed by atoms with Crippen LogP contribution in [0.25, 0.3) is 0 Å². The largest absolute Gasteiger partial charge is 0.356 e. The van der Waals surface area contributed by atoms with Gasteiger partial charge in [0.2, 0.25) is 0 Å². The summed E-state index contributed by atoms with van der Waals surface area (Å²) >= 11 is 0. The zero-order chi connectivity index (χ0) is 13.8. The summed E-state index contributed by atoms with van der Waals surface area (Å²) in [7, 11) is 1.75. The molecule has 1 amide bonds. The molecule has 0 saturated heterocycles. The molecule has 1 heterocycles. The van der Waals surface area contributed by atoms with Crippen LogP contribution in [0.15, 0.2) is 42.6 Å². The van der Waals surface area contributed by atoms with Gasteiger partial charge in [0, 0.05) is 18.8 Å². The predicted molar refractivity (Wildman–Crippen MR) is 73.1 cm³/mol. The summed E-state index contributed by atoms with van der Waals surface area (Å²) in [4.78, 5) is 25.9. The van der Waals surface area contributed by atoms with Crippen molar-refractivity contribution >= 4 is 17.4 Å². The van der Waals surface area contributed by atoms with Crippen molar-refractivity contribution in [2.75, 3.05) is 12.1 Å². The van der Waals surface area contributed by atoms with E-state index in [1.165, 1.54) is 19.2 Å². The standard InChI is InChI=1S/C14H15N3O2/c1-10(18)11-8-13(15-9-11)14(19)16-17(2)12-6-4-3-5-7-12/h3-9,15H,1-2H3,(H,16,19). The van der Waals surface area contributed by atoms with Crippen molar-refractivity contribution < 1.29 is 9.59 Å². The van der Waals surface area contributed by atoms with Gasteiger partial charge in [-0.3, -0.25) is 20.0 Å². The van der Waals surface area contributed by atoms with Crippen LogP contribution < -0.4 is 10.4 Å². The van der Waals surface area contributed by atoms with E-state index in [-0.39, 0.29) is 11.7 Å². The van der Waals surface area contributed by atoms with Crippen molar-refractivity contribution in [2.45, 2.75) is 6.92 Å². The highest BCUT2D eigenvalue weighted by molar-refractivity contribution is 5.99. The minimum absolute atomic E-state index is 0.0771. The molecule has 2 N–H and O–H groups in total. The molecule has 2 rings (SSSR count). The minimum Gasteiger partial charge on any atom is -0.356 e. The van der Waals surface area contributed by atoms with Crippen LogP contribution in [0.3, 0.4) is 0 Å². The maximum Gasteiger partial charge on any atom is 0.286 e. The number of carbonyl (C=O) groups excluding carboxylic acids is 2.